The van der Waals surface area contributed by atoms with E-state index in [-0.39, 0.29) is 24.1 Å². The number of rotatable bonds is 3. The maximum Gasteiger partial charge on any atom is 0.163 e. The molecule has 1 aromatic rings. The Kier molecular flexibility index (Phi) is 3.87. The highest BCUT2D eigenvalue weighted by atomic mass is 16.5. The second-order valence-electron chi connectivity index (χ2n) is 5.49. The highest BCUT2D eigenvalue weighted by molar-refractivity contribution is 5.98. The number of morpholine rings is 1. The van der Waals surface area contributed by atoms with Crippen LogP contribution in [0.4, 0.5) is 5.82 Å². The summed E-state index contributed by atoms with van der Waals surface area (Å²) in [5.41, 5.74) is 0.230. The van der Waals surface area contributed by atoms with Crippen molar-refractivity contribution < 1.29 is 14.6 Å². The summed E-state index contributed by atoms with van der Waals surface area (Å²) < 4.78 is 5.77. The van der Waals surface area contributed by atoms with Crippen LogP contribution in [-0.4, -0.2) is 47.3 Å². The first-order valence-electron chi connectivity index (χ1n) is 6.42. The van der Waals surface area contributed by atoms with Crippen LogP contribution in [0.2, 0.25) is 0 Å². The molecule has 1 fully saturated rings. The maximum absolute atomic E-state index is 11.7. The predicted octanol–water partition coefficient (Wildman–Crippen LogP) is 1.26. The number of anilines is 1. The lowest BCUT2D eigenvalue weighted by molar-refractivity contribution is -0.101. The van der Waals surface area contributed by atoms with Gasteiger partial charge in [0.05, 0.1) is 23.9 Å². The summed E-state index contributed by atoms with van der Waals surface area (Å²) in [4.78, 5) is 18.0. The number of hydrogen-bond donors (Lipinski definition) is 1. The molecule has 2 rings (SSSR count). The number of carbonyl (C=O) groups excluding carboxylic acids is 1. The SMILES string of the molecule is CC(=O)c1cccnc1N1CC(CO)OC(C)(C)C1. The van der Waals surface area contributed by atoms with Gasteiger partial charge in [0, 0.05) is 19.3 Å². The van der Waals surface area contributed by atoms with E-state index in [0.29, 0.717) is 24.5 Å². The predicted molar refractivity (Wildman–Crippen MR) is 72.5 cm³/mol. The van der Waals surface area contributed by atoms with Crippen LogP contribution in [-0.2, 0) is 4.74 Å². The van der Waals surface area contributed by atoms with Crippen LogP contribution in [0.1, 0.15) is 31.1 Å². The largest absolute Gasteiger partial charge is 0.394 e. The Morgan fingerprint density at radius 3 is 3.00 bits per heavy atom. The molecule has 19 heavy (non-hydrogen) atoms. The van der Waals surface area contributed by atoms with Gasteiger partial charge in [0.15, 0.2) is 5.78 Å². The fourth-order valence-corrected chi connectivity index (χ4v) is 2.48. The van der Waals surface area contributed by atoms with Gasteiger partial charge in [-0.25, -0.2) is 4.98 Å². The summed E-state index contributed by atoms with van der Waals surface area (Å²) in [7, 11) is 0. The summed E-state index contributed by atoms with van der Waals surface area (Å²) in [6.45, 7) is 6.62. The van der Waals surface area contributed by atoms with E-state index in [1.54, 1.807) is 18.3 Å². The summed E-state index contributed by atoms with van der Waals surface area (Å²) in [5.74, 6) is 0.665. The van der Waals surface area contributed by atoms with Crippen LogP contribution in [0.3, 0.4) is 0 Å². The Bertz CT molecular complexity index is 474. The Morgan fingerprint density at radius 1 is 1.63 bits per heavy atom. The van der Waals surface area contributed by atoms with Gasteiger partial charge in [-0.3, -0.25) is 4.79 Å². The minimum absolute atomic E-state index is 0.00653. The average Bonchev–Trinajstić information content (AvgIpc) is 2.36. The Hall–Kier alpha value is -1.46. The number of aliphatic hydroxyl groups is 1. The standard InChI is InChI=1S/C14H20N2O3/c1-10(18)12-5-4-6-15-13(12)16-7-11(8-17)19-14(2,3)9-16/h4-6,11,17H,7-9H2,1-3H3. The maximum atomic E-state index is 11.7. The second kappa shape index (κ2) is 5.27. The number of aromatic nitrogens is 1. The molecule has 104 valence electrons. The van der Waals surface area contributed by atoms with E-state index in [9.17, 15) is 9.90 Å². The first-order valence-corrected chi connectivity index (χ1v) is 6.42. The first-order chi connectivity index (χ1) is 8.93. The van der Waals surface area contributed by atoms with E-state index in [0.717, 1.165) is 0 Å². The molecule has 0 saturated carbocycles. The van der Waals surface area contributed by atoms with Crippen molar-refractivity contribution >= 4 is 11.6 Å². The highest BCUT2D eigenvalue weighted by Crippen LogP contribution is 2.27. The van der Waals surface area contributed by atoms with Crippen molar-refractivity contribution in [3.8, 4) is 0 Å². The zero-order valence-electron chi connectivity index (χ0n) is 11.6. The number of Topliss-reactive ketones (excluding diaryl/α,β-unsaturated/α-hetero) is 1. The van der Waals surface area contributed by atoms with Gasteiger partial charge >= 0.3 is 0 Å². The van der Waals surface area contributed by atoms with Crippen molar-refractivity contribution in [3.05, 3.63) is 23.9 Å². The molecule has 1 atom stereocenters. The molecule has 5 heteroatoms. The molecule has 0 spiro atoms. The van der Waals surface area contributed by atoms with E-state index in [2.05, 4.69) is 4.98 Å². The van der Waals surface area contributed by atoms with E-state index in [4.69, 9.17) is 4.74 Å². The van der Waals surface area contributed by atoms with Crippen molar-refractivity contribution in [2.75, 3.05) is 24.6 Å². The van der Waals surface area contributed by atoms with Crippen molar-refractivity contribution in [2.24, 2.45) is 0 Å². The summed E-state index contributed by atoms with van der Waals surface area (Å²) in [6.07, 6.45) is 1.42. The molecule has 0 amide bonds. The van der Waals surface area contributed by atoms with E-state index in [1.807, 2.05) is 18.7 Å². The van der Waals surface area contributed by atoms with Gasteiger partial charge in [-0.15, -0.1) is 0 Å². The fraction of sp³-hybridized carbons (Fsp3) is 0.571. The number of carbonyl (C=O) groups is 1. The smallest absolute Gasteiger partial charge is 0.163 e. The molecule has 0 aromatic carbocycles. The minimum atomic E-state index is -0.378. The van der Waals surface area contributed by atoms with Crippen LogP contribution in [0.15, 0.2) is 18.3 Å². The average molecular weight is 264 g/mol. The van der Waals surface area contributed by atoms with E-state index in [1.165, 1.54) is 6.92 Å². The van der Waals surface area contributed by atoms with Gasteiger partial charge in [0.1, 0.15) is 5.82 Å². The van der Waals surface area contributed by atoms with E-state index < -0.39 is 0 Å². The third kappa shape index (κ3) is 3.11. The van der Waals surface area contributed by atoms with Crippen LogP contribution >= 0.6 is 0 Å². The Morgan fingerprint density at radius 2 is 2.37 bits per heavy atom. The lowest BCUT2D eigenvalue weighted by atomic mass is 10.0. The zero-order valence-corrected chi connectivity index (χ0v) is 11.6. The molecule has 0 radical (unpaired) electrons. The minimum Gasteiger partial charge on any atom is -0.394 e. The molecule has 2 heterocycles. The van der Waals surface area contributed by atoms with Crippen molar-refractivity contribution in [2.45, 2.75) is 32.5 Å². The molecule has 1 saturated heterocycles. The second-order valence-corrected chi connectivity index (χ2v) is 5.49. The van der Waals surface area contributed by atoms with Gasteiger partial charge < -0.3 is 14.7 Å². The van der Waals surface area contributed by atoms with Crippen LogP contribution in [0.5, 0.6) is 0 Å². The Balaban J connectivity index is 2.33. The number of ketones is 1. The monoisotopic (exact) mass is 264 g/mol. The van der Waals surface area contributed by atoms with Gasteiger partial charge in [0.25, 0.3) is 0 Å². The van der Waals surface area contributed by atoms with Gasteiger partial charge in [0.2, 0.25) is 0 Å². The van der Waals surface area contributed by atoms with Crippen LogP contribution in [0, 0.1) is 0 Å². The third-order valence-corrected chi connectivity index (χ3v) is 3.15. The first kappa shape index (κ1) is 14.0. The van der Waals surface area contributed by atoms with Crippen LogP contribution in [0.25, 0.3) is 0 Å². The van der Waals surface area contributed by atoms with Crippen molar-refractivity contribution in [1.29, 1.82) is 0 Å². The molecule has 1 unspecified atom stereocenters. The number of nitrogens with zero attached hydrogens (tertiary/aromatic N) is 2. The molecule has 1 aromatic heterocycles. The van der Waals surface area contributed by atoms with E-state index >= 15 is 0 Å². The molecule has 1 N–H and O–H groups in total. The number of pyridine rings is 1. The molecular weight excluding hydrogens is 244 g/mol. The molecule has 0 aliphatic carbocycles. The Labute approximate surface area is 113 Å². The highest BCUT2D eigenvalue weighted by Gasteiger charge is 2.34. The zero-order chi connectivity index (χ0) is 14.0. The molecule has 5 nitrogen and oxygen atoms in total. The summed E-state index contributed by atoms with van der Waals surface area (Å²) in [6, 6.07) is 3.54. The molecule has 1 aliphatic heterocycles. The van der Waals surface area contributed by atoms with Crippen molar-refractivity contribution in [1.82, 2.24) is 4.98 Å². The molecular formula is C14H20N2O3. The molecule has 1 aliphatic rings. The summed E-state index contributed by atoms with van der Waals surface area (Å²) >= 11 is 0. The lowest BCUT2D eigenvalue weighted by Gasteiger charge is -2.43. The van der Waals surface area contributed by atoms with Gasteiger partial charge in [-0.1, -0.05) is 0 Å². The lowest BCUT2D eigenvalue weighted by Crippen LogP contribution is -2.54. The molecule has 0 bridgehead atoms. The van der Waals surface area contributed by atoms with Crippen molar-refractivity contribution in [3.63, 3.8) is 0 Å². The number of aliphatic hydroxyl groups excluding tert-OH is 1. The fourth-order valence-electron chi connectivity index (χ4n) is 2.48. The quantitative estimate of drug-likeness (QED) is 0.833. The normalized spacial score (nSPS) is 22.3. The topological polar surface area (TPSA) is 62.7 Å². The van der Waals surface area contributed by atoms with Gasteiger partial charge in [-0.05, 0) is 32.9 Å². The van der Waals surface area contributed by atoms with Crippen LogP contribution < -0.4 is 4.90 Å². The number of ether oxygens (including phenoxy) is 1. The van der Waals surface area contributed by atoms with Gasteiger partial charge in [-0.2, -0.15) is 0 Å². The number of hydrogen-bond acceptors (Lipinski definition) is 5. The summed E-state index contributed by atoms with van der Waals surface area (Å²) in [5, 5.41) is 9.33. The third-order valence-electron chi connectivity index (χ3n) is 3.15.